The second-order valence-corrected chi connectivity index (χ2v) is 8.54. The van der Waals surface area contributed by atoms with Crippen molar-refractivity contribution in [2.45, 2.75) is 60.1 Å². The smallest absolute Gasteiger partial charge is 0.333 e. The van der Waals surface area contributed by atoms with Gasteiger partial charge in [-0.2, -0.15) is 13.9 Å². The maximum atomic E-state index is 12.7. The molecule has 0 bridgehead atoms. The molecule has 0 spiro atoms. The Kier molecular flexibility index (Phi) is 5.67. The van der Waals surface area contributed by atoms with E-state index < -0.39 is 6.55 Å². The van der Waals surface area contributed by atoms with Gasteiger partial charge in [-0.15, -0.1) is 0 Å². The van der Waals surface area contributed by atoms with Gasteiger partial charge in [0.05, 0.1) is 17.6 Å². The van der Waals surface area contributed by atoms with Crippen LogP contribution in [0.4, 0.5) is 20.3 Å². The first-order valence-electron chi connectivity index (χ1n) is 9.49. The molecule has 152 valence electrons. The lowest BCUT2D eigenvalue weighted by molar-refractivity contribution is -0.117. The third-order valence-electron chi connectivity index (χ3n) is 4.63. The monoisotopic (exact) mass is 391 g/mol. The second kappa shape index (κ2) is 7.85. The summed E-state index contributed by atoms with van der Waals surface area (Å²) in [6, 6.07) is 2.02. The molecule has 0 unspecified atom stereocenters. The molecule has 3 heterocycles. The van der Waals surface area contributed by atoms with E-state index in [0.717, 1.165) is 41.9 Å². The predicted molar refractivity (Wildman–Crippen MR) is 105 cm³/mol. The molecule has 6 nitrogen and oxygen atoms in total. The van der Waals surface area contributed by atoms with Crippen LogP contribution < -0.4 is 10.2 Å². The number of pyridine rings is 1. The van der Waals surface area contributed by atoms with E-state index in [-0.39, 0.29) is 11.3 Å². The Labute approximate surface area is 163 Å². The molecular weight excluding hydrogens is 364 g/mol. The maximum absolute atomic E-state index is 12.7. The summed E-state index contributed by atoms with van der Waals surface area (Å²) in [6.07, 6.45) is 5.01. The molecular formula is C20H27F2N5O. The summed E-state index contributed by atoms with van der Waals surface area (Å²) in [5.74, 6) is 0.551. The zero-order valence-electron chi connectivity index (χ0n) is 16.8. The van der Waals surface area contributed by atoms with E-state index in [9.17, 15) is 13.6 Å². The van der Waals surface area contributed by atoms with Gasteiger partial charge in [0.1, 0.15) is 5.82 Å². The van der Waals surface area contributed by atoms with Gasteiger partial charge < -0.3 is 10.2 Å². The van der Waals surface area contributed by atoms with Crippen LogP contribution in [0, 0.1) is 12.3 Å². The minimum absolute atomic E-state index is 0.0462. The average Bonchev–Trinajstić information content (AvgIpc) is 3.03. The molecule has 0 aromatic carbocycles. The van der Waals surface area contributed by atoms with Crippen LogP contribution in [-0.2, 0) is 17.8 Å². The number of aromatic nitrogens is 3. The zero-order valence-corrected chi connectivity index (χ0v) is 16.8. The highest BCUT2D eigenvalue weighted by atomic mass is 19.3. The lowest BCUT2D eigenvalue weighted by Gasteiger charge is -2.31. The van der Waals surface area contributed by atoms with Gasteiger partial charge in [0, 0.05) is 31.3 Å². The first kappa shape index (κ1) is 20.2. The zero-order chi connectivity index (χ0) is 20.5. The van der Waals surface area contributed by atoms with Crippen molar-refractivity contribution < 1.29 is 13.6 Å². The van der Waals surface area contributed by atoms with Crippen molar-refractivity contribution in [1.82, 2.24) is 14.8 Å². The largest absolute Gasteiger partial charge is 0.366 e. The predicted octanol–water partition coefficient (Wildman–Crippen LogP) is 4.31. The molecule has 0 atom stereocenters. The fraction of sp³-hybridized carbons (Fsp3) is 0.550. The number of alkyl halides is 2. The van der Waals surface area contributed by atoms with Gasteiger partial charge in [-0.05, 0) is 36.8 Å². The molecule has 1 N–H and O–H groups in total. The topological polar surface area (TPSA) is 63.1 Å². The number of nitrogens with one attached hydrogen (secondary N) is 1. The summed E-state index contributed by atoms with van der Waals surface area (Å²) in [5, 5.41) is 6.64. The quantitative estimate of drug-likeness (QED) is 0.825. The van der Waals surface area contributed by atoms with Crippen LogP contribution in [0.2, 0.25) is 0 Å². The normalized spacial score (nSPS) is 14.3. The Hall–Kier alpha value is -2.51. The Balaban J connectivity index is 1.78. The van der Waals surface area contributed by atoms with Crippen molar-refractivity contribution in [3.8, 4) is 0 Å². The fourth-order valence-electron chi connectivity index (χ4n) is 3.39. The molecule has 0 saturated heterocycles. The molecule has 2 aromatic rings. The number of aryl methyl sites for hydroxylation is 2. The van der Waals surface area contributed by atoms with Gasteiger partial charge in [0.15, 0.2) is 0 Å². The first-order valence-corrected chi connectivity index (χ1v) is 9.49. The van der Waals surface area contributed by atoms with Crippen molar-refractivity contribution in [1.29, 1.82) is 0 Å². The number of rotatable bonds is 5. The summed E-state index contributed by atoms with van der Waals surface area (Å²) < 4.78 is 26.2. The summed E-state index contributed by atoms with van der Waals surface area (Å²) in [4.78, 5) is 19.1. The van der Waals surface area contributed by atoms with E-state index >= 15 is 0 Å². The number of hydrogen-bond donors (Lipinski definition) is 1. The molecule has 8 heteroatoms. The number of anilines is 2. The average molecular weight is 391 g/mol. The maximum Gasteiger partial charge on any atom is 0.333 e. The minimum Gasteiger partial charge on any atom is -0.366 e. The van der Waals surface area contributed by atoms with Crippen LogP contribution in [-0.4, -0.2) is 27.2 Å². The molecule has 1 aliphatic rings. The van der Waals surface area contributed by atoms with Crippen molar-refractivity contribution in [3.63, 3.8) is 0 Å². The van der Waals surface area contributed by atoms with E-state index in [1.807, 2.05) is 33.8 Å². The van der Waals surface area contributed by atoms with Crippen LogP contribution in [0.5, 0.6) is 0 Å². The highest BCUT2D eigenvalue weighted by molar-refractivity contribution is 5.91. The van der Waals surface area contributed by atoms with Crippen molar-refractivity contribution in [2.24, 2.45) is 5.41 Å². The molecule has 0 saturated carbocycles. The van der Waals surface area contributed by atoms with Gasteiger partial charge in [-0.1, -0.05) is 20.8 Å². The molecule has 1 amide bonds. The van der Waals surface area contributed by atoms with Gasteiger partial charge in [0.2, 0.25) is 5.91 Å². The highest BCUT2D eigenvalue weighted by Crippen LogP contribution is 2.31. The van der Waals surface area contributed by atoms with Crippen LogP contribution in [0.3, 0.4) is 0 Å². The highest BCUT2D eigenvalue weighted by Gasteiger charge is 2.22. The number of fused-ring (bicyclic) bond motifs is 1. The third-order valence-corrected chi connectivity index (χ3v) is 4.63. The Bertz CT molecular complexity index is 857. The SMILES string of the molecule is Cc1cc2c(nc1NC(=O)CC(C)(C)C)CCCN2Cc1cnn(C(F)F)c1. The van der Waals surface area contributed by atoms with Crippen LogP contribution in [0.15, 0.2) is 18.5 Å². The molecule has 1 aliphatic heterocycles. The number of carbonyl (C=O) groups excluding carboxylic acids is 1. The molecule has 0 fully saturated rings. The number of hydrogen-bond acceptors (Lipinski definition) is 4. The number of carbonyl (C=O) groups is 1. The lowest BCUT2D eigenvalue weighted by atomic mass is 9.92. The summed E-state index contributed by atoms with van der Waals surface area (Å²) >= 11 is 0. The Morgan fingerprint density at radius 2 is 2.11 bits per heavy atom. The van der Waals surface area contributed by atoms with Crippen molar-refractivity contribution in [2.75, 3.05) is 16.8 Å². The van der Waals surface area contributed by atoms with Crippen LogP contribution in [0.25, 0.3) is 0 Å². The summed E-state index contributed by atoms with van der Waals surface area (Å²) in [5.41, 5.74) is 3.43. The van der Waals surface area contributed by atoms with E-state index in [4.69, 9.17) is 4.98 Å². The molecule has 3 rings (SSSR count). The first-order chi connectivity index (χ1) is 13.1. The number of halogens is 2. The fourth-order valence-corrected chi connectivity index (χ4v) is 3.39. The Morgan fingerprint density at radius 3 is 2.75 bits per heavy atom. The van der Waals surface area contributed by atoms with Gasteiger partial charge in [-0.3, -0.25) is 4.79 Å². The van der Waals surface area contributed by atoms with E-state index in [2.05, 4.69) is 15.3 Å². The molecule has 0 radical (unpaired) electrons. The van der Waals surface area contributed by atoms with Gasteiger partial charge in [0.25, 0.3) is 0 Å². The van der Waals surface area contributed by atoms with Gasteiger partial charge >= 0.3 is 6.55 Å². The molecule has 2 aromatic heterocycles. The second-order valence-electron chi connectivity index (χ2n) is 8.54. The summed E-state index contributed by atoms with van der Waals surface area (Å²) in [7, 11) is 0. The van der Waals surface area contributed by atoms with Crippen LogP contribution >= 0.6 is 0 Å². The minimum atomic E-state index is -2.63. The molecule has 28 heavy (non-hydrogen) atoms. The number of amides is 1. The summed E-state index contributed by atoms with van der Waals surface area (Å²) in [6.45, 7) is 6.67. The van der Waals surface area contributed by atoms with E-state index in [1.165, 1.54) is 12.4 Å². The third kappa shape index (κ3) is 4.85. The lowest BCUT2D eigenvalue weighted by Crippen LogP contribution is -2.30. The van der Waals surface area contributed by atoms with Crippen LogP contribution in [0.1, 0.15) is 57.0 Å². The Morgan fingerprint density at radius 1 is 1.36 bits per heavy atom. The van der Waals surface area contributed by atoms with E-state index in [1.54, 1.807) is 0 Å². The van der Waals surface area contributed by atoms with Crippen molar-refractivity contribution in [3.05, 3.63) is 35.3 Å². The van der Waals surface area contributed by atoms with Gasteiger partial charge in [-0.25, -0.2) is 9.67 Å². The van der Waals surface area contributed by atoms with Crippen molar-refractivity contribution >= 4 is 17.4 Å². The van der Waals surface area contributed by atoms with E-state index in [0.29, 0.717) is 23.5 Å². The molecule has 0 aliphatic carbocycles. The number of nitrogens with zero attached hydrogens (tertiary/aromatic N) is 4. The standard InChI is InChI=1S/C20H27F2N5O/c1-13-8-16-15(24-18(13)25-17(28)9-20(2,3)4)6-5-7-26(16)11-14-10-23-27(12-14)19(21)22/h8,10,12,19H,5-7,9,11H2,1-4H3,(H,24,25,28).